The van der Waals surface area contributed by atoms with Gasteiger partial charge in [-0.05, 0) is 38.1 Å². The van der Waals surface area contributed by atoms with Crippen LogP contribution in [0.2, 0.25) is 0 Å². The van der Waals surface area contributed by atoms with Crippen molar-refractivity contribution in [3.8, 4) is 0 Å². The molecule has 0 bridgehead atoms. The van der Waals surface area contributed by atoms with Crippen molar-refractivity contribution in [3.05, 3.63) is 58.9 Å². The predicted molar refractivity (Wildman–Crippen MR) is 96.3 cm³/mol. The van der Waals surface area contributed by atoms with Crippen molar-refractivity contribution in [3.63, 3.8) is 0 Å². The van der Waals surface area contributed by atoms with Gasteiger partial charge in [0.05, 0.1) is 0 Å². The van der Waals surface area contributed by atoms with Crippen molar-refractivity contribution in [1.82, 2.24) is 19.8 Å². The van der Waals surface area contributed by atoms with E-state index >= 15 is 0 Å². The molecule has 2 aromatic rings. The normalized spacial score (nSPS) is 20.7. The van der Waals surface area contributed by atoms with Crippen LogP contribution < -0.4 is 0 Å². The van der Waals surface area contributed by atoms with Crippen LogP contribution in [0.25, 0.3) is 0 Å². The third-order valence-corrected chi connectivity index (χ3v) is 5.29. The van der Waals surface area contributed by atoms with Gasteiger partial charge in [-0.2, -0.15) is 0 Å². The number of nitrogens with zero attached hydrogens (tertiary/aromatic N) is 4. The topological polar surface area (TPSA) is 49.3 Å². The molecule has 1 amide bonds. The molecule has 0 aliphatic carbocycles. The van der Waals surface area contributed by atoms with E-state index in [1.807, 2.05) is 6.20 Å². The highest BCUT2D eigenvalue weighted by Gasteiger charge is 2.28. The molecule has 1 atom stereocenters. The number of rotatable bonds is 2. The third kappa shape index (κ3) is 3.46. The lowest BCUT2D eigenvalue weighted by Crippen LogP contribution is -2.39. The Kier molecular flexibility index (Phi) is 4.68. The lowest BCUT2D eigenvalue weighted by atomic mass is 9.96. The van der Waals surface area contributed by atoms with E-state index in [1.165, 1.54) is 17.7 Å². The number of likely N-dealkylation sites (N-methyl/N-ethyl adjacent to an activating group) is 1. The number of piperidine rings is 1. The number of likely N-dealkylation sites (tertiary alicyclic amines) is 1. The number of hydrogen-bond acceptors (Lipinski definition) is 4. The first-order valence-corrected chi connectivity index (χ1v) is 9.18. The second-order valence-electron chi connectivity index (χ2n) is 7.29. The van der Waals surface area contributed by atoms with Gasteiger partial charge in [-0.1, -0.05) is 6.07 Å². The van der Waals surface area contributed by atoms with Crippen molar-refractivity contribution < 1.29 is 9.18 Å². The standard InChI is InChI=1S/C20H23FN4O/c1-24-9-7-18-16(12-24)11-22-19(23-18)15-5-3-8-25(13-15)20(26)14-4-2-6-17(21)10-14/h2,4,6,10-11,15H,3,5,7-9,12-13H2,1H3/t15-/m0/s1. The van der Waals surface area contributed by atoms with Crippen LogP contribution in [0.1, 0.15) is 46.2 Å². The minimum atomic E-state index is -0.382. The summed E-state index contributed by atoms with van der Waals surface area (Å²) in [4.78, 5) is 26.2. The van der Waals surface area contributed by atoms with Gasteiger partial charge >= 0.3 is 0 Å². The van der Waals surface area contributed by atoms with Crippen LogP contribution in [0, 0.1) is 5.82 Å². The fourth-order valence-electron chi connectivity index (χ4n) is 3.85. The zero-order valence-electron chi connectivity index (χ0n) is 15.0. The first-order chi connectivity index (χ1) is 12.6. The first kappa shape index (κ1) is 17.1. The number of hydrogen-bond donors (Lipinski definition) is 0. The van der Waals surface area contributed by atoms with E-state index in [2.05, 4.69) is 16.9 Å². The molecule has 4 rings (SSSR count). The molecule has 6 heteroatoms. The number of fused-ring (bicyclic) bond motifs is 1. The van der Waals surface area contributed by atoms with Crippen LogP contribution in [0.3, 0.4) is 0 Å². The Bertz CT molecular complexity index is 825. The number of amides is 1. The van der Waals surface area contributed by atoms with Gasteiger partial charge in [0.2, 0.25) is 0 Å². The van der Waals surface area contributed by atoms with Crippen LogP contribution in [0.4, 0.5) is 4.39 Å². The Morgan fingerprint density at radius 2 is 2.19 bits per heavy atom. The highest BCUT2D eigenvalue weighted by atomic mass is 19.1. The summed E-state index contributed by atoms with van der Waals surface area (Å²) < 4.78 is 13.4. The number of halogens is 1. The number of benzene rings is 1. The van der Waals surface area contributed by atoms with Gasteiger partial charge in [-0.3, -0.25) is 4.79 Å². The summed E-state index contributed by atoms with van der Waals surface area (Å²) in [6.07, 6.45) is 4.78. The van der Waals surface area contributed by atoms with Gasteiger partial charge in [-0.25, -0.2) is 14.4 Å². The zero-order chi connectivity index (χ0) is 18.1. The Labute approximate surface area is 152 Å². The van der Waals surface area contributed by atoms with Crippen molar-refractivity contribution >= 4 is 5.91 Å². The number of carbonyl (C=O) groups is 1. The number of carbonyl (C=O) groups excluding carboxylic acids is 1. The smallest absolute Gasteiger partial charge is 0.253 e. The number of aromatic nitrogens is 2. The van der Waals surface area contributed by atoms with Crippen LogP contribution in [-0.4, -0.2) is 52.4 Å². The molecular formula is C20H23FN4O. The summed E-state index contributed by atoms with van der Waals surface area (Å²) >= 11 is 0. The molecule has 2 aliphatic rings. The minimum Gasteiger partial charge on any atom is -0.338 e. The van der Waals surface area contributed by atoms with Crippen LogP contribution in [-0.2, 0) is 13.0 Å². The van der Waals surface area contributed by atoms with Crippen molar-refractivity contribution in [2.75, 3.05) is 26.7 Å². The molecule has 1 saturated heterocycles. The van der Waals surface area contributed by atoms with E-state index in [4.69, 9.17) is 4.98 Å². The second kappa shape index (κ2) is 7.11. The summed E-state index contributed by atoms with van der Waals surface area (Å²) in [5.41, 5.74) is 2.74. The molecule has 0 N–H and O–H groups in total. The van der Waals surface area contributed by atoms with Crippen LogP contribution in [0.15, 0.2) is 30.5 Å². The molecule has 0 radical (unpaired) electrons. The van der Waals surface area contributed by atoms with Gasteiger partial charge < -0.3 is 9.80 Å². The monoisotopic (exact) mass is 354 g/mol. The Morgan fingerprint density at radius 1 is 1.31 bits per heavy atom. The molecule has 0 unspecified atom stereocenters. The summed E-state index contributed by atoms with van der Waals surface area (Å²) in [6.45, 7) is 3.19. The van der Waals surface area contributed by atoms with Crippen LogP contribution in [0.5, 0.6) is 0 Å². The van der Waals surface area contributed by atoms with Crippen molar-refractivity contribution in [2.45, 2.75) is 31.7 Å². The van der Waals surface area contributed by atoms with Crippen molar-refractivity contribution in [1.29, 1.82) is 0 Å². The van der Waals surface area contributed by atoms with Crippen LogP contribution >= 0.6 is 0 Å². The fraction of sp³-hybridized carbons (Fsp3) is 0.450. The summed E-state index contributed by atoms with van der Waals surface area (Å²) in [6, 6.07) is 5.90. The van der Waals surface area contributed by atoms with E-state index in [0.29, 0.717) is 18.7 Å². The molecular weight excluding hydrogens is 331 g/mol. The van der Waals surface area contributed by atoms with Gasteiger partial charge in [0.15, 0.2) is 0 Å². The van der Waals surface area contributed by atoms with Gasteiger partial charge in [-0.15, -0.1) is 0 Å². The molecule has 136 valence electrons. The minimum absolute atomic E-state index is 0.117. The lowest BCUT2D eigenvalue weighted by molar-refractivity contribution is 0.0704. The molecule has 3 heterocycles. The largest absolute Gasteiger partial charge is 0.338 e. The lowest BCUT2D eigenvalue weighted by Gasteiger charge is -2.32. The maximum absolute atomic E-state index is 13.4. The van der Waals surface area contributed by atoms with Crippen molar-refractivity contribution in [2.24, 2.45) is 0 Å². The SMILES string of the molecule is CN1CCc2nc([C@H]3CCCN(C(=O)c4cccc(F)c4)C3)ncc2C1. The molecule has 0 spiro atoms. The maximum atomic E-state index is 13.4. The Balaban J connectivity index is 1.51. The van der Waals surface area contributed by atoms with Gasteiger partial charge in [0.25, 0.3) is 5.91 Å². The van der Waals surface area contributed by atoms with E-state index < -0.39 is 0 Å². The second-order valence-corrected chi connectivity index (χ2v) is 7.29. The summed E-state index contributed by atoms with van der Waals surface area (Å²) in [5, 5.41) is 0. The third-order valence-electron chi connectivity index (χ3n) is 5.29. The summed E-state index contributed by atoms with van der Waals surface area (Å²) in [5.74, 6) is 0.484. The van der Waals surface area contributed by atoms with Gasteiger partial charge in [0.1, 0.15) is 11.6 Å². The van der Waals surface area contributed by atoms with E-state index in [1.54, 1.807) is 17.0 Å². The molecule has 0 saturated carbocycles. The van der Waals surface area contributed by atoms with E-state index in [-0.39, 0.29) is 17.6 Å². The molecule has 5 nitrogen and oxygen atoms in total. The molecule has 1 aromatic carbocycles. The van der Waals surface area contributed by atoms with E-state index in [9.17, 15) is 9.18 Å². The van der Waals surface area contributed by atoms with Gasteiger partial charge in [0, 0.05) is 61.5 Å². The molecule has 26 heavy (non-hydrogen) atoms. The predicted octanol–water partition coefficient (Wildman–Crippen LogP) is 2.62. The zero-order valence-corrected chi connectivity index (χ0v) is 15.0. The molecule has 1 aromatic heterocycles. The quantitative estimate of drug-likeness (QED) is 0.832. The average Bonchev–Trinajstić information content (AvgIpc) is 2.67. The first-order valence-electron chi connectivity index (χ1n) is 9.18. The highest BCUT2D eigenvalue weighted by molar-refractivity contribution is 5.94. The fourth-order valence-corrected chi connectivity index (χ4v) is 3.85. The molecule has 2 aliphatic heterocycles. The maximum Gasteiger partial charge on any atom is 0.253 e. The van der Waals surface area contributed by atoms with E-state index in [0.717, 1.165) is 43.9 Å². The Morgan fingerprint density at radius 3 is 3.04 bits per heavy atom. The molecule has 1 fully saturated rings. The summed E-state index contributed by atoms with van der Waals surface area (Å²) in [7, 11) is 2.11. The highest BCUT2D eigenvalue weighted by Crippen LogP contribution is 2.27. The average molecular weight is 354 g/mol. The Hall–Kier alpha value is -2.34.